The van der Waals surface area contributed by atoms with Gasteiger partial charge in [0.15, 0.2) is 0 Å². The number of rotatable bonds is 3. The molecule has 1 heterocycles. The van der Waals surface area contributed by atoms with Gasteiger partial charge in [0.2, 0.25) is 5.75 Å². The van der Waals surface area contributed by atoms with Gasteiger partial charge in [0, 0.05) is 29.0 Å². The molecule has 0 fully saturated rings. The fourth-order valence-electron chi connectivity index (χ4n) is 4.15. The van der Waals surface area contributed by atoms with Crippen LogP contribution in [0.2, 0.25) is 0 Å². The SMILES string of the molecule is O=[N+]([O-])c1cc2oc3c(c2c(C=Nc2cccc4ccccc24)c1O)CCCC3. The second kappa shape index (κ2) is 6.74. The lowest BCUT2D eigenvalue weighted by atomic mass is 9.93. The van der Waals surface area contributed by atoms with Gasteiger partial charge in [-0.25, -0.2) is 0 Å². The first-order valence-electron chi connectivity index (χ1n) is 9.60. The van der Waals surface area contributed by atoms with E-state index in [9.17, 15) is 15.2 Å². The number of phenols is 1. The van der Waals surface area contributed by atoms with Gasteiger partial charge < -0.3 is 9.52 Å². The number of hydrogen-bond acceptors (Lipinski definition) is 5. The monoisotopic (exact) mass is 386 g/mol. The molecule has 6 heteroatoms. The van der Waals surface area contributed by atoms with Crippen molar-refractivity contribution in [2.45, 2.75) is 25.7 Å². The lowest BCUT2D eigenvalue weighted by molar-refractivity contribution is -0.385. The molecule has 0 amide bonds. The number of benzene rings is 3. The summed E-state index contributed by atoms with van der Waals surface area (Å²) in [7, 11) is 0. The molecule has 1 N–H and O–H groups in total. The highest BCUT2D eigenvalue weighted by Gasteiger charge is 2.27. The summed E-state index contributed by atoms with van der Waals surface area (Å²) in [6.07, 6.45) is 5.21. The van der Waals surface area contributed by atoms with Gasteiger partial charge in [0.1, 0.15) is 11.3 Å². The predicted octanol–water partition coefficient (Wildman–Crippen LogP) is 5.83. The Kier molecular flexibility index (Phi) is 4.05. The van der Waals surface area contributed by atoms with Crippen LogP contribution >= 0.6 is 0 Å². The number of hydrogen-bond donors (Lipinski definition) is 1. The van der Waals surface area contributed by atoms with E-state index in [1.54, 1.807) is 0 Å². The third-order valence-corrected chi connectivity index (χ3v) is 5.53. The molecule has 0 saturated heterocycles. The molecule has 0 bridgehead atoms. The Hall–Kier alpha value is -3.67. The summed E-state index contributed by atoms with van der Waals surface area (Å²) in [5, 5.41) is 24.9. The molecule has 0 spiro atoms. The van der Waals surface area contributed by atoms with Crippen LogP contribution in [0.4, 0.5) is 11.4 Å². The first kappa shape index (κ1) is 17.4. The van der Waals surface area contributed by atoms with Crippen molar-refractivity contribution in [3.8, 4) is 5.75 Å². The molecule has 0 unspecified atom stereocenters. The molecule has 1 aromatic heterocycles. The zero-order valence-corrected chi connectivity index (χ0v) is 15.6. The molecule has 29 heavy (non-hydrogen) atoms. The Morgan fingerprint density at radius 3 is 2.76 bits per heavy atom. The van der Waals surface area contributed by atoms with Crippen molar-refractivity contribution in [3.63, 3.8) is 0 Å². The maximum atomic E-state index is 11.5. The van der Waals surface area contributed by atoms with Crippen molar-refractivity contribution >= 4 is 39.3 Å². The Labute approximate surface area is 166 Å². The Morgan fingerprint density at radius 2 is 1.90 bits per heavy atom. The van der Waals surface area contributed by atoms with Crippen LogP contribution in [0, 0.1) is 10.1 Å². The highest BCUT2D eigenvalue weighted by atomic mass is 16.6. The Morgan fingerprint density at radius 1 is 1.10 bits per heavy atom. The highest BCUT2D eigenvalue weighted by molar-refractivity contribution is 6.06. The van der Waals surface area contributed by atoms with Gasteiger partial charge in [-0.2, -0.15) is 0 Å². The van der Waals surface area contributed by atoms with Crippen LogP contribution in [0.15, 0.2) is 57.9 Å². The fraction of sp³-hybridized carbons (Fsp3) is 0.174. The second-order valence-electron chi connectivity index (χ2n) is 7.26. The first-order chi connectivity index (χ1) is 14.1. The van der Waals surface area contributed by atoms with Gasteiger partial charge in [-0.3, -0.25) is 15.1 Å². The summed E-state index contributed by atoms with van der Waals surface area (Å²) in [5.41, 5.74) is 2.16. The summed E-state index contributed by atoms with van der Waals surface area (Å²) >= 11 is 0. The number of nitro groups is 1. The van der Waals surface area contributed by atoms with Crippen LogP contribution in [0.1, 0.15) is 29.7 Å². The van der Waals surface area contributed by atoms with Gasteiger partial charge in [0.05, 0.1) is 22.2 Å². The topological polar surface area (TPSA) is 88.9 Å². The van der Waals surface area contributed by atoms with Gasteiger partial charge in [-0.05, 0) is 30.7 Å². The van der Waals surface area contributed by atoms with E-state index in [0.29, 0.717) is 11.1 Å². The van der Waals surface area contributed by atoms with Crippen molar-refractivity contribution in [1.82, 2.24) is 0 Å². The summed E-state index contributed by atoms with van der Waals surface area (Å²) < 4.78 is 5.92. The molecule has 0 aliphatic heterocycles. The lowest BCUT2D eigenvalue weighted by Crippen LogP contribution is -2.00. The zero-order chi connectivity index (χ0) is 20.0. The average molecular weight is 386 g/mol. The number of phenolic OH excluding ortho intramolecular Hbond substituents is 1. The van der Waals surface area contributed by atoms with Crippen molar-refractivity contribution < 1.29 is 14.4 Å². The van der Waals surface area contributed by atoms with E-state index in [1.807, 2.05) is 42.5 Å². The van der Waals surface area contributed by atoms with Crippen LogP contribution in [-0.2, 0) is 12.8 Å². The first-order valence-corrected chi connectivity index (χ1v) is 9.60. The smallest absolute Gasteiger partial charge is 0.315 e. The molecule has 6 nitrogen and oxygen atoms in total. The minimum Gasteiger partial charge on any atom is -0.502 e. The molecule has 4 aromatic rings. The molecule has 0 saturated carbocycles. The van der Waals surface area contributed by atoms with Crippen LogP contribution in [0.3, 0.4) is 0 Å². The van der Waals surface area contributed by atoms with E-state index in [4.69, 9.17) is 4.42 Å². The summed E-state index contributed by atoms with van der Waals surface area (Å²) in [6.45, 7) is 0. The van der Waals surface area contributed by atoms with Crippen LogP contribution in [-0.4, -0.2) is 16.2 Å². The fourth-order valence-corrected chi connectivity index (χ4v) is 4.15. The Balaban J connectivity index is 1.74. The van der Waals surface area contributed by atoms with Gasteiger partial charge in [-0.1, -0.05) is 36.4 Å². The highest BCUT2D eigenvalue weighted by Crippen LogP contribution is 2.41. The quantitative estimate of drug-likeness (QED) is 0.272. The van der Waals surface area contributed by atoms with Gasteiger partial charge >= 0.3 is 5.69 Å². The van der Waals surface area contributed by atoms with E-state index < -0.39 is 4.92 Å². The minimum absolute atomic E-state index is 0.342. The van der Waals surface area contributed by atoms with E-state index in [0.717, 1.165) is 58.9 Å². The standard InChI is InChI=1S/C23H18N2O4/c26-23-17(13-24-18-10-5-7-14-6-1-2-8-15(14)18)22-16-9-3-4-11-20(16)29-21(22)12-19(23)25(27)28/h1-2,5-8,10,12-13,26H,3-4,9,11H2. The molecule has 144 valence electrons. The Bertz CT molecular complexity index is 1300. The van der Waals surface area contributed by atoms with Crippen LogP contribution in [0.25, 0.3) is 21.7 Å². The zero-order valence-electron chi connectivity index (χ0n) is 15.6. The van der Waals surface area contributed by atoms with E-state index in [1.165, 1.54) is 12.3 Å². The number of aliphatic imine (C=N–C) groups is 1. The molecular formula is C23H18N2O4. The minimum atomic E-state index is -0.592. The number of aromatic hydroxyl groups is 1. The van der Waals surface area contributed by atoms with Crippen molar-refractivity contribution in [2.24, 2.45) is 4.99 Å². The summed E-state index contributed by atoms with van der Waals surface area (Å²) in [5.74, 6) is 0.478. The van der Waals surface area contributed by atoms with Crippen molar-refractivity contribution in [2.75, 3.05) is 0 Å². The third-order valence-electron chi connectivity index (χ3n) is 5.53. The number of fused-ring (bicyclic) bond motifs is 4. The van der Waals surface area contributed by atoms with E-state index >= 15 is 0 Å². The normalized spacial score (nSPS) is 13.9. The maximum Gasteiger partial charge on any atom is 0.315 e. The third kappa shape index (κ3) is 2.84. The number of furan rings is 1. The predicted molar refractivity (Wildman–Crippen MR) is 112 cm³/mol. The molecule has 5 rings (SSSR count). The van der Waals surface area contributed by atoms with E-state index in [2.05, 4.69) is 4.99 Å². The van der Waals surface area contributed by atoms with E-state index in [-0.39, 0.29) is 11.4 Å². The number of nitrogens with zero attached hydrogens (tertiary/aromatic N) is 2. The summed E-state index contributed by atoms with van der Waals surface area (Å²) in [6, 6.07) is 15.0. The molecule has 1 aliphatic rings. The molecule has 0 atom stereocenters. The summed E-state index contributed by atoms with van der Waals surface area (Å²) in [4.78, 5) is 15.5. The molecule has 0 radical (unpaired) electrons. The average Bonchev–Trinajstić information content (AvgIpc) is 3.11. The molecule has 3 aromatic carbocycles. The van der Waals surface area contributed by atoms with Crippen molar-refractivity contribution in [3.05, 3.63) is 75.5 Å². The van der Waals surface area contributed by atoms with Crippen LogP contribution in [0.5, 0.6) is 5.75 Å². The maximum absolute atomic E-state index is 11.5. The van der Waals surface area contributed by atoms with Gasteiger partial charge in [-0.15, -0.1) is 0 Å². The largest absolute Gasteiger partial charge is 0.502 e. The van der Waals surface area contributed by atoms with Crippen LogP contribution < -0.4 is 0 Å². The molecule has 1 aliphatic carbocycles. The molecular weight excluding hydrogens is 368 g/mol. The lowest BCUT2D eigenvalue weighted by Gasteiger charge is -2.10. The van der Waals surface area contributed by atoms with Gasteiger partial charge in [0.25, 0.3) is 0 Å². The second-order valence-corrected chi connectivity index (χ2v) is 7.26. The van der Waals surface area contributed by atoms with Crippen molar-refractivity contribution in [1.29, 1.82) is 0 Å². The number of aryl methyl sites for hydroxylation is 2. The number of nitro benzene ring substituents is 1.